The fourth-order valence-electron chi connectivity index (χ4n) is 3.34. The number of aryl methyl sites for hydroxylation is 1. The van der Waals surface area contributed by atoms with Crippen molar-refractivity contribution >= 4 is 16.8 Å². The predicted octanol–water partition coefficient (Wildman–Crippen LogP) is 3.79. The lowest BCUT2D eigenvalue weighted by atomic mass is 10.2. The molecular formula is C22H22N4O. The number of carbonyl (C=O) groups is 1. The maximum atomic E-state index is 12.8. The third-order valence-electron chi connectivity index (χ3n) is 4.81. The Morgan fingerprint density at radius 2 is 1.81 bits per heavy atom. The minimum atomic E-state index is 0.0758. The van der Waals surface area contributed by atoms with Gasteiger partial charge in [-0.05, 0) is 36.6 Å². The van der Waals surface area contributed by atoms with Crippen molar-refractivity contribution in [1.82, 2.24) is 19.2 Å². The van der Waals surface area contributed by atoms with Gasteiger partial charge in [-0.3, -0.25) is 4.79 Å². The molecule has 0 N–H and O–H groups in total. The molecule has 0 aliphatic rings. The van der Waals surface area contributed by atoms with Crippen molar-refractivity contribution in [2.75, 3.05) is 7.05 Å². The highest BCUT2D eigenvalue weighted by Crippen LogP contribution is 2.19. The van der Waals surface area contributed by atoms with Gasteiger partial charge in [-0.2, -0.15) is 5.10 Å². The summed E-state index contributed by atoms with van der Waals surface area (Å²) in [6, 6.07) is 20.2. The molecular weight excluding hydrogens is 336 g/mol. The number of fused-ring (bicyclic) bond motifs is 1. The number of likely N-dealkylation sites (N-methyl/N-ethyl adjacent to an activating group) is 1. The third kappa shape index (κ3) is 3.49. The Morgan fingerprint density at radius 1 is 1.07 bits per heavy atom. The van der Waals surface area contributed by atoms with E-state index in [0.717, 1.165) is 27.8 Å². The summed E-state index contributed by atoms with van der Waals surface area (Å²) in [6.45, 7) is 2.91. The Morgan fingerprint density at radius 3 is 2.63 bits per heavy atom. The molecule has 1 amide bonds. The monoisotopic (exact) mass is 358 g/mol. The molecule has 27 heavy (non-hydrogen) atoms. The molecule has 0 radical (unpaired) electrons. The molecule has 136 valence electrons. The number of hydrogen-bond acceptors (Lipinski definition) is 2. The van der Waals surface area contributed by atoms with Crippen LogP contribution in [0.5, 0.6) is 0 Å². The molecule has 0 aliphatic carbocycles. The highest BCUT2D eigenvalue weighted by Gasteiger charge is 2.14. The van der Waals surface area contributed by atoms with E-state index in [1.54, 1.807) is 4.90 Å². The van der Waals surface area contributed by atoms with Crippen molar-refractivity contribution in [2.45, 2.75) is 20.0 Å². The van der Waals surface area contributed by atoms with Gasteiger partial charge in [-0.25, -0.2) is 4.68 Å². The van der Waals surface area contributed by atoms with Gasteiger partial charge in [0.2, 0.25) is 5.91 Å². The van der Waals surface area contributed by atoms with Gasteiger partial charge >= 0.3 is 0 Å². The van der Waals surface area contributed by atoms with Crippen LogP contribution in [-0.2, 0) is 17.9 Å². The molecule has 0 bridgehead atoms. The molecule has 4 rings (SSSR count). The first-order valence-electron chi connectivity index (χ1n) is 8.99. The molecule has 5 heteroatoms. The van der Waals surface area contributed by atoms with Crippen LogP contribution in [0.2, 0.25) is 0 Å². The molecule has 0 atom stereocenters. The first kappa shape index (κ1) is 17.1. The molecule has 0 spiro atoms. The van der Waals surface area contributed by atoms with E-state index in [1.165, 1.54) is 0 Å². The molecule has 4 aromatic rings. The van der Waals surface area contributed by atoms with Crippen molar-refractivity contribution in [3.63, 3.8) is 0 Å². The van der Waals surface area contributed by atoms with Gasteiger partial charge in [-0.1, -0.05) is 36.4 Å². The van der Waals surface area contributed by atoms with Crippen LogP contribution in [-0.4, -0.2) is 32.2 Å². The van der Waals surface area contributed by atoms with Crippen molar-refractivity contribution < 1.29 is 4.79 Å². The van der Waals surface area contributed by atoms with Crippen LogP contribution < -0.4 is 0 Å². The average molecular weight is 358 g/mol. The number of para-hydroxylation sites is 2. The van der Waals surface area contributed by atoms with E-state index in [0.29, 0.717) is 13.1 Å². The quantitative estimate of drug-likeness (QED) is 0.545. The van der Waals surface area contributed by atoms with Crippen LogP contribution in [0.4, 0.5) is 0 Å². The second kappa shape index (κ2) is 7.11. The first-order chi connectivity index (χ1) is 13.1. The second-order valence-electron chi connectivity index (χ2n) is 6.81. The van der Waals surface area contributed by atoms with Crippen LogP contribution in [0.25, 0.3) is 16.6 Å². The fraction of sp³-hybridized carbons (Fsp3) is 0.182. The summed E-state index contributed by atoms with van der Waals surface area (Å²) in [7, 11) is 1.84. The summed E-state index contributed by atoms with van der Waals surface area (Å²) in [5.41, 5.74) is 4.19. The minimum absolute atomic E-state index is 0.0758. The number of carbonyl (C=O) groups excluding carboxylic acids is 1. The van der Waals surface area contributed by atoms with Gasteiger partial charge in [0, 0.05) is 36.6 Å². The SMILES string of the molecule is Cc1cc2ccccc2n1CC(=O)N(C)Cc1cnn(-c2ccccc2)c1. The number of aromatic nitrogens is 3. The Labute approximate surface area is 158 Å². The molecule has 0 saturated carbocycles. The number of amides is 1. The van der Waals surface area contributed by atoms with Crippen LogP contribution in [0, 0.1) is 6.92 Å². The van der Waals surface area contributed by atoms with E-state index in [4.69, 9.17) is 0 Å². The van der Waals surface area contributed by atoms with Gasteiger partial charge in [0.15, 0.2) is 0 Å². The number of benzene rings is 2. The van der Waals surface area contributed by atoms with Crippen LogP contribution >= 0.6 is 0 Å². The van der Waals surface area contributed by atoms with E-state index < -0.39 is 0 Å². The molecule has 0 fully saturated rings. The van der Waals surface area contributed by atoms with Gasteiger partial charge in [-0.15, -0.1) is 0 Å². The van der Waals surface area contributed by atoms with Crippen molar-refractivity contribution in [2.24, 2.45) is 0 Å². The normalized spacial score (nSPS) is 11.0. The summed E-state index contributed by atoms with van der Waals surface area (Å²) < 4.78 is 3.90. The van der Waals surface area contributed by atoms with Gasteiger partial charge in [0.05, 0.1) is 11.9 Å². The maximum Gasteiger partial charge on any atom is 0.242 e. The van der Waals surface area contributed by atoms with E-state index in [9.17, 15) is 4.79 Å². The Balaban J connectivity index is 1.47. The zero-order valence-electron chi connectivity index (χ0n) is 15.5. The lowest BCUT2D eigenvalue weighted by Gasteiger charge is -2.18. The van der Waals surface area contributed by atoms with Crippen molar-refractivity contribution in [1.29, 1.82) is 0 Å². The number of rotatable bonds is 5. The molecule has 5 nitrogen and oxygen atoms in total. The topological polar surface area (TPSA) is 43.1 Å². The first-order valence-corrected chi connectivity index (χ1v) is 8.99. The second-order valence-corrected chi connectivity index (χ2v) is 6.81. The standard InChI is InChI=1S/C22H22N4O/c1-17-12-19-8-6-7-11-21(19)25(17)16-22(27)24(2)14-18-13-23-26(15-18)20-9-4-3-5-10-20/h3-13,15H,14,16H2,1-2H3. The van der Waals surface area contributed by atoms with Crippen molar-refractivity contribution in [3.05, 3.63) is 84.3 Å². The predicted molar refractivity (Wildman–Crippen MR) is 107 cm³/mol. The highest BCUT2D eigenvalue weighted by atomic mass is 16.2. The molecule has 0 saturated heterocycles. The van der Waals surface area contributed by atoms with Gasteiger partial charge < -0.3 is 9.47 Å². The lowest BCUT2D eigenvalue weighted by molar-refractivity contribution is -0.131. The fourth-order valence-corrected chi connectivity index (χ4v) is 3.34. The van der Waals surface area contributed by atoms with Crippen LogP contribution in [0.1, 0.15) is 11.3 Å². The smallest absolute Gasteiger partial charge is 0.242 e. The van der Waals surface area contributed by atoms with Crippen LogP contribution in [0.3, 0.4) is 0 Å². The summed E-state index contributed by atoms with van der Waals surface area (Å²) in [5, 5.41) is 5.56. The zero-order chi connectivity index (χ0) is 18.8. The minimum Gasteiger partial charge on any atom is -0.340 e. The largest absolute Gasteiger partial charge is 0.340 e. The number of nitrogens with zero attached hydrogens (tertiary/aromatic N) is 4. The summed E-state index contributed by atoms with van der Waals surface area (Å²) in [5.74, 6) is 0.0758. The summed E-state index contributed by atoms with van der Waals surface area (Å²) in [6.07, 6.45) is 3.78. The van der Waals surface area contributed by atoms with Crippen LogP contribution in [0.15, 0.2) is 73.1 Å². The van der Waals surface area contributed by atoms with E-state index in [-0.39, 0.29) is 5.91 Å². The third-order valence-corrected chi connectivity index (χ3v) is 4.81. The molecule has 0 aliphatic heterocycles. The summed E-state index contributed by atoms with van der Waals surface area (Å²) in [4.78, 5) is 14.5. The molecule has 2 aromatic carbocycles. The zero-order valence-corrected chi connectivity index (χ0v) is 15.5. The van der Waals surface area contributed by atoms with E-state index >= 15 is 0 Å². The van der Waals surface area contributed by atoms with Crippen molar-refractivity contribution in [3.8, 4) is 5.69 Å². The van der Waals surface area contributed by atoms with Gasteiger partial charge in [0.1, 0.15) is 6.54 Å². The average Bonchev–Trinajstić information content (AvgIpc) is 3.27. The molecule has 2 heterocycles. The lowest BCUT2D eigenvalue weighted by Crippen LogP contribution is -2.29. The Hall–Kier alpha value is -3.34. The Bertz CT molecular complexity index is 1080. The molecule has 0 unspecified atom stereocenters. The summed E-state index contributed by atoms with van der Waals surface area (Å²) >= 11 is 0. The number of hydrogen-bond donors (Lipinski definition) is 0. The van der Waals surface area contributed by atoms with E-state index in [1.807, 2.05) is 73.5 Å². The van der Waals surface area contributed by atoms with Gasteiger partial charge in [0.25, 0.3) is 0 Å². The Kier molecular flexibility index (Phi) is 4.50. The maximum absolute atomic E-state index is 12.8. The van der Waals surface area contributed by atoms with E-state index in [2.05, 4.69) is 27.9 Å². The highest BCUT2D eigenvalue weighted by molar-refractivity contribution is 5.84. The molecule has 2 aromatic heterocycles.